The molecular formula is C39H49ClN2O4. The van der Waals surface area contributed by atoms with Crippen LogP contribution in [0.15, 0.2) is 99.2 Å². The summed E-state index contributed by atoms with van der Waals surface area (Å²) >= 11 is 0. The average molecular weight is 645 g/mol. The second kappa shape index (κ2) is 20.1. The molecule has 0 fully saturated rings. The van der Waals surface area contributed by atoms with Gasteiger partial charge >= 0.3 is 0 Å². The highest BCUT2D eigenvalue weighted by Crippen LogP contribution is 2.42. The third-order valence-electron chi connectivity index (χ3n) is 7.58. The number of fused-ring (bicyclic) bond motifs is 1. The first kappa shape index (κ1) is 36.3. The van der Waals surface area contributed by atoms with Gasteiger partial charge < -0.3 is 31.4 Å². The number of hydrogen-bond acceptors (Lipinski definition) is 5. The topological polar surface area (TPSA) is 43.2 Å². The lowest BCUT2D eigenvalue weighted by molar-refractivity contribution is -0.423. The van der Waals surface area contributed by atoms with Gasteiger partial charge in [0, 0.05) is 5.39 Å². The number of nitrogens with zero attached hydrogens (tertiary/aromatic N) is 2. The molecule has 46 heavy (non-hydrogen) atoms. The number of anilines is 1. The van der Waals surface area contributed by atoms with Gasteiger partial charge in [0.05, 0.1) is 26.4 Å². The van der Waals surface area contributed by atoms with Gasteiger partial charge in [-0.05, 0) is 87.1 Å². The molecular weight excluding hydrogens is 596 g/mol. The van der Waals surface area contributed by atoms with Crippen molar-refractivity contribution in [3.8, 4) is 23.0 Å². The van der Waals surface area contributed by atoms with Gasteiger partial charge in [0.1, 0.15) is 18.8 Å². The van der Waals surface area contributed by atoms with E-state index in [0.717, 1.165) is 110 Å². The predicted molar refractivity (Wildman–Crippen MR) is 188 cm³/mol. The number of para-hydroxylation sites is 1. The van der Waals surface area contributed by atoms with Gasteiger partial charge in [0.15, 0.2) is 22.9 Å². The molecule has 0 saturated heterocycles. The molecule has 0 amide bonds. The van der Waals surface area contributed by atoms with Crippen molar-refractivity contribution in [2.45, 2.75) is 51.4 Å². The molecule has 3 aromatic carbocycles. The number of ether oxygens (including phenoxy) is 4. The zero-order chi connectivity index (χ0) is 31.7. The highest BCUT2D eigenvalue weighted by molar-refractivity contribution is 5.96. The molecule has 0 radical (unpaired) electrons. The van der Waals surface area contributed by atoms with Gasteiger partial charge in [0.2, 0.25) is 12.0 Å². The minimum atomic E-state index is 0. The van der Waals surface area contributed by atoms with Gasteiger partial charge in [-0.25, -0.2) is 9.48 Å². The standard InChI is InChI=1S/C39H49N2O4.ClH/c1-5-9-13-26-42-33-22-20-32-21-23-37(45-29-16-12-8-4)38(34(32)30-33)40-24-25-41(31-40)39-35(43-27-14-10-6-2)18-17-19-36(39)44-28-15-11-7-3;/h5-8,17-23,30-31H,1-4,9-16,24-29H2;1H/q+1;/p-1. The Labute approximate surface area is 281 Å². The number of rotatable bonds is 22. The first-order valence-electron chi connectivity index (χ1n) is 16.2. The van der Waals surface area contributed by atoms with Crippen molar-refractivity contribution < 1.29 is 35.9 Å². The largest absolute Gasteiger partial charge is 1.00 e. The molecule has 7 heteroatoms. The van der Waals surface area contributed by atoms with E-state index in [-0.39, 0.29) is 12.4 Å². The van der Waals surface area contributed by atoms with Gasteiger partial charge in [-0.2, -0.15) is 0 Å². The molecule has 246 valence electrons. The minimum Gasteiger partial charge on any atom is -1.00 e. The Balaban J connectivity index is 0.00000576. The van der Waals surface area contributed by atoms with E-state index in [1.807, 2.05) is 48.6 Å². The fourth-order valence-electron chi connectivity index (χ4n) is 5.27. The van der Waals surface area contributed by atoms with Crippen LogP contribution in [0, 0.1) is 0 Å². The van der Waals surface area contributed by atoms with Crippen LogP contribution in [0.4, 0.5) is 11.4 Å². The quantitative estimate of drug-likeness (QED) is 0.0718. The van der Waals surface area contributed by atoms with Crippen molar-refractivity contribution in [2.75, 3.05) is 44.4 Å². The van der Waals surface area contributed by atoms with E-state index in [0.29, 0.717) is 26.4 Å². The third kappa shape index (κ3) is 10.2. The number of allylic oxidation sites excluding steroid dienone is 4. The monoisotopic (exact) mass is 644 g/mol. The smallest absolute Gasteiger partial charge is 0.245 e. The van der Waals surface area contributed by atoms with E-state index >= 15 is 0 Å². The Bertz CT molecular complexity index is 1430. The van der Waals surface area contributed by atoms with Crippen molar-refractivity contribution in [2.24, 2.45) is 0 Å². The normalized spacial score (nSPS) is 12.2. The fraction of sp³-hybridized carbons (Fsp3) is 0.359. The molecule has 1 aliphatic rings. The van der Waals surface area contributed by atoms with E-state index in [4.69, 9.17) is 18.9 Å². The summed E-state index contributed by atoms with van der Waals surface area (Å²) in [6.07, 6.45) is 17.2. The predicted octanol–water partition coefficient (Wildman–Crippen LogP) is 6.42. The molecule has 0 bridgehead atoms. The number of hydrogen-bond donors (Lipinski definition) is 0. The molecule has 0 unspecified atom stereocenters. The summed E-state index contributed by atoms with van der Waals surface area (Å²) in [5.41, 5.74) is 1.97. The highest BCUT2D eigenvalue weighted by atomic mass is 35.5. The van der Waals surface area contributed by atoms with Crippen LogP contribution in [-0.4, -0.2) is 50.4 Å². The van der Waals surface area contributed by atoms with Crippen molar-refractivity contribution in [1.82, 2.24) is 0 Å². The first-order chi connectivity index (χ1) is 22.2. The number of unbranched alkanes of at least 4 members (excludes halogenated alkanes) is 4. The van der Waals surface area contributed by atoms with Crippen molar-refractivity contribution in [3.63, 3.8) is 0 Å². The molecule has 3 aromatic rings. The molecule has 0 N–H and O–H groups in total. The summed E-state index contributed by atoms with van der Waals surface area (Å²) in [7, 11) is 0. The van der Waals surface area contributed by atoms with Crippen molar-refractivity contribution in [3.05, 3.63) is 99.2 Å². The van der Waals surface area contributed by atoms with E-state index in [1.54, 1.807) is 0 Å². The Morgan fingerprint density at radius 3 is 1.74 bits per heavy atom. The van der Waals surface area contributed by atoms with Crippen molar-refractivity contribution in [1.29, 1.82) is 0 Å². The first-order valence-corrected chi connectivity index (χ1v) is 16.2. The van der Waals surface area contributed by atoms with Crippen LogP contribution in [-0.2, 0) is 0 Å². The summed E-state index contributed by atoms with van der Waals surface area (Å²) in [4.78, 5) is 2.24. The van der Waals surface area contributed by atoms with E-state index in [2.05, 4.69) is 66.4 Å². The second-order valence-corrected chi connectivity index (χ2v) is 11.0. The van der Waals surface area contributed by atoms with Crippen LogP contribution < -0.4 is 36.3 Å². The van der Waals surface area contributed by atoms with Gasteiger partial charge in [0.25, 0.3) is 0 Å². The molecule has 0 saturated carbocycles. The maximum atomic E-state index is 6.41. The SMILES string of the molecule is C=CCCCOc1ccc2ccc(OCCCC=C)c([N+]3=CN(c4c(OCCCC=C)cccc4OCCCC=C)CC3)c2c1.[Cl-]. The Hall–Kier alpha value is -4.16. The van der Waals surface area contributed by atoms with Crippen LogP contribution in [0.5, 0.6) is 23.0 Å². The Morgan fingerprint density at radius 1 is 0.652 bits per heavy atom. The molecule has 1 aliphatic heterocycles. The molecule has 1 heterocycles. The fourth-order valence-corrected chi connectivity index (χ4v) is 5.27. The Kier molecular flexibility index (Phi) is 15.8. The zero-order valence-electron chi connectivity index (χ0n) is 27.1. The lowest BCUT2D eigenvalue weighted by atomic mass is 10.1. The van der Waals surface area contributed by atoms with E-state index in [9.17, 15) is 0 Å². The van der Waals surface area contributed by atoms with Crippen LogP contribution in [0.3, 0.4) is 0 Å². The zero-order valence-corrected chi connectivity index (χ0v) is 27.9. The third-order valence-corrected chi connectivity index (χ3v) is 7.58. The molecule has 0 spiro atoms. The highest BCUT2D eigenvalue weighted by Gasteiger charge is 2.31. The summed E-state index contributed by atoms with van der Waals surface area (Å²) in [6, 6.07) is 16.6. The number of benzene rings is 3. The molecule has 4 rings (SSSR count). The average Bonchev–Trinajstić information content (AvgIpc) is 3.54. The molecule has 0 atom stereocenters. The molecule has 6 nitrogen and oxygen atoms in total. The van der Waals surface area contributed by atoms with Gasteiger partial charge in [-0.1, -0.05) is 42.5 Å². The lowest BCUT2D eigenvalue weighted by Gasteiger charge is -2.17. The van der Waals surface area contributed by atoms with E-state index in [1.165, 1.54) is 0 Å². The van der Waals surface area contributed by atoms with Crippen molar-refractivity contribution >= 4 is 28.5 Å². The molecule has 0 aromatic heterocycles. The van der Waals surface area contributed by atoms with E-state index < -0.39 is 0 Å². The van der Waals surface area contributed by atoms with Crippen LogP contribution in [0.2, 0.25) is 0 Å². The lowest BCUT2D eigenvalue weighted by Crippen LogP contribution is -3.00. The summed E-state index contributed by atoms with van der Waals surface area (Å²) in [5, 5.41) is 2.22. The summed E-state index contributed by atoms with van der Waals surface area (Å²) < 4.78 is 27.5. The molecule has 0 aliphatic carbocycles. The van der Waals surface area contributed by atoms with Crippen LogP contribution >= 0.6 is 0 Å². The maximum Gasteiger partial charge on any atom is 0.245 e. The van der Waals surface area contributed by atoms with Gasteiger partial charge in [-0.15, -0.1) is 26.3 Å². The second-order valence-electron chi connectivity index (χ2n) is 11.0. The number of halogens is 1. The van der Waals surface area contributed by atoms with Crippen LogP contribution in [0.25, 0.3) is 10.8 Å². The minimum absolute atomic E-state index is 0. The Morgan fingerprint density at radius 2 is 1.17 bits per heavy atom. The summed E-state index contributed by atoms with van der Waals surface area (Å²) in [5.74, 6) is 3.32. The van der Waals surface area contributed by atoms with Gasteiger partial charge in [-0.3, -0.25) is 0 Å². The summed E-state index contributed by atoms with van der Waals surface area (Å²) in [6.45, 7) is 19.4. The van der Waals surface area contributed by atoms with Crippen LogP contribution in [0.1, 0.15) is 51.4 Å². The maximum absolute atomic E-state index is 6.41.